The maximum absolute atomic E-state index is 12.7. The van der Waals surface area contributed by atoms with Gasteiger partial charge in [-0.3, -0.25) is 9.59 Å². The first-order valence-electron chi connectivity index (χ1n) is 8.17. The van der Waals surface area contributed by atoms with Gasteiger partial charge < -0.3 is 14.3 Å². The number of para-hydroxylation sites is 1. The van der Waals surface area contributed by atoms with Gasteiger partial charge >= 0.3 is 0 Å². The van der Waals surface area contributed by atoms with Gasteiger partial charge in [0.1, 0.15) is 6.54 Å². The van der Waals surface area contributed by atoms with Crippen molar-refractivity contribution in [2.24, 2.45) is 0 Å². The third-order valence-electron chi connectivity index (χ3n) is 4.13. The van der Waals surface area contributed by atoms with E-state index in [9.17, 15) is 9.59 Å². The first-order chi connectivity index (χ1) is 12.7. The lowest BCUT2D eigenvalue weighted by Crippen LogP contribution is -2.26. The van der Waals surface area contributed by atoms with E-state index in [4.69, 9.17) is 4.42 Å². The molecule has 0 unspecified atom stereocenters. The van der Waals surface area contributed by atoms with Gasteiger partial charge in [-0.1, -0.05) is 24.3 Å². The third kappa shape index (κ3) is 3.19. The number of ketones is 1. The second-order valence-corrected chi connectivity index (χ2v) is 6.88. The quantitative estimate of drug-likeness (QED) is 0.529. The first-order valence-corrected chi connectivity index (χ1v) is 9.05. The van der Waals surface area contributed by atoms with Crippen LogP contribution in [0.25, 0.3) is 10.9 Å². The minimum atomic E-state index is -0.191. The molecule has 0 aliphatic carbocycles. The Labute approximate surface area is 153 Å². The standard InChI is InChI=1S/C20H16N2O3S/c23-19(21-11-14-5-4-10-26-14)13-22-12-16(15-6-1-2-7-17(15)22)20(24)18-8-3-9-25-18/h1-10,12H,11,13H2,(H,21,23). The van der Waals surface area contributed by atoms with Gasteiger partial charge in [-0.25, -0.2) is 0 Å². The van der Waals surface area contributed by atoms with Crippen LogP contribution in [0.15, 0.2) is 70.8 Å². The minimum absolute atomic E-state index is 0.101. The number of hydrogen-bond acceptors (Lipinski definition) is 4. The highest BCUT2D eigenvalue weighted by Gasteiger charge is 2.19. The number of nitrogens with zero attached hydrogens (tertiary/aromatic N) is 1. The Morgan fingerprint density at radius 2 is 1.96 bits per heavy atom. The maximum Gasteiger partial charge on any atom is 0.240 e. The van der Waals surface area contributed by atoms with Gasteiger partial charge in [-0.05, 0) is 29.6 Å². The van der Waals surface area contributed by atoms with Gasteiger partial charge in [0, 0.05) is 22.0 Å². The first kappa shape index (κ1) is 16.4. The summed E-state index contributed by atoms with van der Waals surface area (Å²) in [7, 11) is 0. The fourth-order valence-electron chi connectivity index (χ4n) is 2.91. The summed E-state index contributed by atoms with van der Waals surface area (Å²) in [5.74, 6) is -0.00450. The Morgan fingerprint density at radius 3 is 2.73 bits per heavy atom. The Hall–Kier alpha value is -3.12. The van der Waals surface area contributed by atoms with E-state index in [1.807, 2.05) is 41.8 Å². The number of nitrogens with one attached hydrogen (secondary N) is 1. The van der Waals surface area contributed by atoms with E-state index in [2.05, 4.69) is 5.32 Å². The number of carbonyl (C=O) groups excluding carboxylic acids is 2. The number of hydrogen-bond donors (Lipinski definition) is 1. The van der Waals surface area contributed by atoms with Crippen molar-refractivity contribution in [2.75, 3.05) is 0 Å². The zero-order chi connectivity index (χ0) is 17.9. The van der Waals surface area contributed by atoms with Crippen molar-refractivity contribution < 1.29 is 14.0 Å². The van der Waals surface area contributed by atoms with Crippen LogP contribution in [-0.4, -0.2) is 16.3 Å². The van der Waals surface area contributed by atoms with Crippen LogP contribution in [0.4, 0.5) is 0 Å². The lowest BCUT2D eigenvalue weighted by Gasteiger charge is -2.06. The number of rotatable bonds is 6. The van der Waals surface area contributed by atoms with E-state index in [0.29, 0.717) is 12.1 Å². The summed E-state index contributed by atoms with van der Waals surface area (Å²) < 4.78 is 7.03. The van der Waals surface area contributed by atoms with Gasteiger partial charge in [0.05, 0.1) is 18.4 Å². The summed E-state index contributed by atoms with van der Waals surface area (Å²) in [6.07, 6.45) is 3.20. The molecule has 0 atom stereocenters. The van der Waals surface area contributed by atoms with Crippen molar-refractivity contribution in [3.63, 3.8) is 0 Å². The van der Waals surface area contributed by atoms with Crippen molar-refractivity contribution in [3.8, 4) is 0 Å². The smallest absolute Gasteiger partial charge is 0.240 e. The number of fused-ring (bicyclic) bond motifs is 1. The lowest BCUT2D eigenvalue weighted by atomic mass is 10.1. The molecule has 1 N–H and O–H groups in total. The highest BCUT2D eigenvalue weighted by molar-refractivity contribution is 7.09. The van der Waals surface area contributed by atoms with Gasteiger partial charge in [0.15, 0.2) is 5.76 Å². The zero-order valence-electron chi connectivity index (χ0n) is 13.8. The number of carbonyl (C=O) groups is 2. The molecule has 0 aliphatic rings. The molecular formula is C20H16N2O3S. The van der Waals surface area contributed by atoms with Crippen molar-refractivity contribution in [1.29, 1.82) is 0 Å². The highest BCUT2D eigenvalue weighted by atomic mass is 32.1. The maximum atomic E-state index is 12.7. The van der Waals surface area contributed by atoms with Crippen LogP contribution < -0.4 is 5.32 Å². The molecular weight excluding hydrogens is 348 g/mol. The molecule has 0 fully saturated rings. The number of furan rings is 1. The molecule has 5 nitrogen and oxygen atoms in total. The van der Waals surface area contributed by atoms with E-state index >= 15 is 0 Å². The molecule has 3 heterocycles. The van der Waals surface area contributed by atoms with E-state index in [1.54, 1.807) is 34.2 Å². The second kappa shape index (κ2) is 7.01. The number of thiophene rings is 1. The van der Waals surface area contributed by atoms with E-state index in [-0.39, 0.29) is 24.0 Å². The summed E-state index contributed by atoms with van der Waals surface area (Å²) >= 11 is 1.60. The van der Waals surface area contributed by atoms with Crippen LogP contribution in [0, 0.1) is 0 Å². The largest absolute Gasteiger partial charge is 0.461 e. The Bertz CT molecular complexity index is 1050. The number of amides is 1. The van der Waals surface area contributed by atoms with Gasteiger partial charge in [0.25, 0.3) is 0 Å². The molecule has 0 spiro atoms. The molecule has 0 bridgehead atoms. The molecule has 6 heteroatoms. The summed E-state index contributed by atoms with van der Waals surface area (Å²) in [4.78, 5) is 26.1. The topological polar surface area (TPSA) is 64.2 Å². The summed E-state index contributed by atoms with van der Waals surface area (Å²) in [6.45, 7) is 0.658. The predicted molar refractivity (Wildman–Crippen MR) is 100 cm³/mol. The SMILES string of the molecule is O=C(Cn1cc(C(=O)c2ccco2)c2ccccc21)NCc1cccs1. The van der Waals surface area contributed by atoms with Gasteiger partial charge in [-0.15, -0.1) is 11.3 Å². The van der Waals surface area contributed by atoms with Gasteiger partial charge in [0.2, 0.25) is 11.7 Å². The van der Waals surface area contributed by atoms with Crippen LogP contribution >= 0.6 is 11.3 Å². The van der Waals surface area contributed by atoms with E-state index < -0.39 is 0 Å². The third-order valence-corrected chi connectivity index (χ3v) is 5.01. The van der Waals surface area contributed by atoms with Crippen LogP contribution in [-0.2, 0) is 17.9 Å². The van der Waals surface area contributed by atoms with E-state index in [1.165, 1.54) is 6.26 Å². The number of aromatic nitrogens is 1. The molecule has 4 aromatic rings. The molecule has 0 radical (unpaired) electrons. The predicted octanol–water partition coefficient (Wildman–Crippen LogP) is 3.84. The Morgan fingerprint density at radius 1 is 1.08 bits per heavy atom. The van der Waals surface area contributed by atoms with Crippen LogP contribution in [0.1, 0.15) is 21.0 Å². The van der Waals surface area contributed by atoms with Crippen LogP contribution in [0.2, 0.25) is 0 Å². The lowest BCUT2D eigenvalue weighted by molar-refractivity contribution is -0.121. The summed E-state index contributed by atoms with van der Waals surface area (Å²) in [5.41, 5.74) is 1.37. The molecule has 4 rings (SSSR count). The summed E-state index contributed by atoms with van der Waals surface area (Å²) in [5, 5.41) is 5.70. The minimum Gasteiger partial charge on any atom is -0.461 e. The van der Waals surface area contributed by atoms with Gasteiger partial charge in [-0.2, -0.15) is 0 Å². The molecule has 1 aromatic carbocycles. The molecule has 1 amide bonds. The fraction of sp³-hybridized carbons (Fsp3) is 0.100. The fourth-order valence-corrected chi connectivity index (χ4v) is 3.55. The molecule has 130 valence electrons. The van der Waals surface area contributed by atoms with E-state index in [0.717, 1.165) is 15.8 Å². The van der Waals surface area contributed by atoms with Crippen molar-refractivity contribution in [3.05, 3.63) is 82.6 Å². The zero-order valence-corrected chi connectivity index (χ0v) is 14.7. The monoisotopic (exact) mass is 364 g/mol. The molecule has 0 aliphatic heterocycles. The average Bonchev–Trinajstić information content (AvgIpc) is 3.41. The Kier molecular flexibility index (Phi) is 4.41. The molecule has 3 aromatic heterocycles. The normalized spacial score (nSPS) is 10.9. The van der Waals surface area contributed by atoms with Crippen molar-refractivity contribution in [1.82, 2.24) is 9.88 Å². The molecule has 26 heavy (non-hydrogen) atoms. The second-order valence-electron chi connectivity index (χ2n) is 5.85. The van der Waals surface area contributed by atoms with Crippen molar-refractivity contribution >= 4 is 33.9 Å². The average molecular weight is 364 g/mol. The van der Waals surface area contributed by atoms with Crippen molar-refractivity contribution in [2.45, 2.75) is 13.1 Å². The number of benzene rings is 1. The molecule has 0 saturated carbocycles. The summed E-state index contributed by atoms with van der Waals surface area (Å²) in [6, 6.07) is 14.8. The highest BCUT2D eigenvalue weighted by Crippen LogP contribution is 2.24. The Balaban J connectivity index is 1.59. The molecule has 0 saturated heterocycles. The van der Waals surface area contributed by atoms with Crippen LogP contribution in [0.5, 0.6) is 0 Å². The van der Waals surface area contributed by atoms with Crippen LogP contribution in [0.3, 0.4) is 0 Å².